The molecule has 0 fully saturated rings. The number of fused-ring (bicyclic) bond motifs is 1. The highest BCUT2D eigenvalue weighted by molar-refractivity contribution is 6.98. The Labute approximate surface area is 202 Å². The summed E-state index contributed by atoms with van der Waals surface area (Å²) in [4.78, 5) is 0. The molecule has 0 aromatic heterocycles. The monoisotopic (exact) mass is 468 g/mol. The van der Waals surface area contributed by atoms with Gasteiger partial charge in [-0.3, -0.25) is 0 Å². The van der Waals surface area contributed by atoms with Crippen LogP contribution in [0.4, 0.5) is 0 Å². The van der Waals surface area contributed by atoms with Crippen molar-refractivity contribution in [2.45, 2.75) is 130 Å². The van der Waals surface area contributed by atoms with Crippen molar-refractivity contribution in [3.05, 3.63) is 35.4 Å². The van der Waals surface area contributed by atoms with Gasteiger partial charge in [-0.05, 0) is 68.2 Å². The van der Waals surface area contributed by atoms with Crippen LogP contribution in [0.15, 0.2) is 24.3 Å². The lowest BCUT2D eigenvalue weighted by molar-refractivity contribution is 0.834. The zero-order chi connectivity index (χ0) is 24.8. The lowest BCUT2D eigenvalue weighted by Gasteiger charge is -2.47. The summed E-state index contributed by atoms with van der Waals surface area (Å²) in [6, 6.07) is 9.97. The second kappa shape index (κ2) is 9.78. The van der Waals surface area contributed by atoms with Crippen molar-refractivity contribution in [1.82, 2.24) is 0 Å². The van der Waals surface area contributed by atoms with Crippen molar-refractivity contribution < 1.29 is 0 Å². The Balaban J connectivity index is 3.19. The number of rotatable bonds is 8. The molecular formula is C30H52Si2. The van der Waals surface area contributed by atoms with Crippen LogP contribution >= 0.6 is 0 Å². The van der Waals surface area contributed by atoms with Gasteiger partial charge in [-0.2, -0.15) is 0 Å². The molecule has 32 heavy (non-hydrogen) atoms. The van der Waals surface area contributed by atoms with Crippen LogP contribution in [0, 0.1) is 13.8 Å². The van der Waals surface area contributed by atoms with Gasteiger partial charge >= 0.3 is 0 Å². The van der Waals surface area contributed by atoms with Gasteiger partial charge in [-0.15, -0.1) is 0 Å². The van der Waals surface area contributed by atoms with E-state index in [1.165, 1.54) is 11.1 Å². The highest BCUT2D eigenvalue weighted by atomic mass is 28.3. The highest BCUT2D eigenvalue weighted by Crippen LogP contribution is 2.45. The Morgan fingerprint density at radius 3 is 0.812 bits per heavy atom. The maximum Gasteiger partial charge on any atom is 0.0954 e. The zero-order valence-corrected chi connectivity index (χ0v) is 25.8. The second-order valence-corrected chi connectivity index (χ2v) is 24.1. The summed E-state index contributed by atoms with van der Waals surface area (Å²) in [7, 11) is -3.56. The summed E-state index contributed by atoms with van der Waals surface area (Å²) in [5.74, 6) is 0. The fourth-order valence-electron chi connectivity index (χ4n) is 8.51. The average Bonchev–Trinajstić information content (AvgIpc) is 2.64. The molecule has 2 aromatic carbocycles. The minimum absolute atomic E-state index is 0.721. The molecule has 2 aromatic rings. The van der Waals surface area contributed by atoms with Crippen LogP contribution in [-0.4, -0.2) is 16.1 Å². The molecule has 0 spiro atoms. The predicted molar refractivity (Wildman–Crippen MR) is 155 cm³/mol. The molecule has 0 aliphatic rings. The third kappa shape index (κ3) is 3.88. The fraction of sp³-hybridized carbons (Fsp3) is 0.667. The molecular weight excluding hydrogens is 417 g/mol. The predicted octanol–water partition coefficient (Wildman–Crippen LogP) is 9.23. The van der Waals surface area contributed by atoms with E-state index in [2.05, 4.69) is 121 Å². The topological polar surface area (TPSA) is 0 Å². The number of hydrogen-bond donors (Lipinski definition) is 0. The van der Waals surface area contributed by atoms with Gasteiger partial charge in [-0.25, -0.2) is 0 Å². The molecule has 0 heterocycles. The summed E-state index contributed by atoms with van der Waals surface area (Å²) in [6.45, 7) is 34.9. The molecule has 0 unspecified atom stereocenters. The van der Waals surface area contributed by atoms with Gasteiger partial charge in [0.1, 0.15) is 0 Å². The summed E-state index contributed by atoms with van der Waals surface area (Å²) in [5, 5.41) is 6.70. The number of hydrogen-bond acceptors (Lipinski definition) is 0. The van der Waals surface area contributed by atoms with Gasteiger partial charge in [-0.1, -0.05) is 118 Å². The summed E-state index contributed by atoms with van der Waals surface area (Å²) in [5.41, 5.74) is 7.38. The lowest BCUT2D eigenvalue weighted by Crippen LogP contribution is -2.59. The Hall–Kier alpha value is -0.866. The first-order chi connectivity index (χ1) is 14.7. The minimum atomic E-state index is -1.78. The number of aryl methyl sites for hydroxylation is 2. The van der Waals surface area contributed by atoms with Crippen molar-refractivity contribution >= 4 is 37.3 Å². The van der Waals surface area contributed by atoms with Crippen molar-refractivity contribution in [2.24, 2.45) is 0 Å². The molecule has 0 nitrogen and oxygen atoms in total. The standard InChI is InChI=1S/C30H52Si2/c1-19(2)31(20(3)4,21(5)6)29-25(13)15-18-28-27(29)17-16-26(14)30(28)32(22(7)8,23(9)10)24(11)12/h15-24H,1-14H3. The Bertz CT molecular complexity index is 811. The molecule has 2 heteroatoms. The lowest BCUT2D eigenvalue weighted by atomic mass is 10.0. The quantitative estimate of drug-likeness (QED) is 0.339. The highest BCUT2D eigenvalue weighted by Gasteiger charge is 2.48. The van der Waals surface area contributed by atoms with Crippen molar-refractivity contribution in [1.29, 1.82) is 0 Å². The molecule has 0 aliphatic carbocycles. The van der Waals surface area contributed by atoms with E-state index >= 15 is 0 Å². The van der Waals surface area contributed by atoms with Crippen LogP contribution in [0.2, 0.25) is 33.2 Å². The Morgan fingerprint density at radius 1 is 0.406 bits per heavy atom. The van der Waals surface area contributed by atoms with Gasteiger partial charge < -0.3 is 0 Å². The fourth-order valence-corrected chi connectivity index (χ4v) is 22.9. The van der Waals surface area contributed by atoms with Gasteiger partial charge in [0, 0.05) is 0 Å². The van der Waals surface area contributed by atoms with E-state index in [9.17, 15) is 0 Å². The van der Waals surface area contributed by atoms with E-state index in [1.807, 2.05) is 0 Å². The first-order valence-corrected chi connectivity index (χ1v) is 17.7. The third-order valence-electron chi connectivity index (χ3n) is 9.22. The molecule has 180 valence electrons. The van der Waals surface area contributed by atoms with Crippen LogP contribution in [0.3, 0.4) is 0 Å². The molecule has 0 radical (unpaired) electrons. The summed E-state index contributed by atoms with van der Waals surface area (Å²) < 4.78 is 0. The summed E-state index contributed by atoms with van der Waals surface area (Å²) >= 11 is 0. The second-order valence-electron chi connectivity index (χ2n) is 12.4. The maximum absolute atomic E-state index is 2.51. The van der Waals surface area contributed by atoms with E-state index < -0.39 is 16.1 Å². The molecule has 0 atom stereocenters. The molecule has 0 saturated carbocycles. The van der Waals surface area contributed by atoms with E-state index in [0.717, 1.165) is 33.2 Å². The van der Waals surface area contributed by atoms with E-state index in [4.69, 9.17) is 0 Å². The maximum atomic E-state index is 2.51. The average molecular weight is 469 g/mol. The smallest absolute Gasteiger partial charge is 0.0648 e. The minimum Gasteiger partial charge on any atom is -0.0648 e. The van der Waals surface area contributed by atoms with Crippen molar-refractivity contribution in [3.8, 4) is 0 Å². The molecule has 0 aliphatic heterocycles. The van der Waals surface area contributed by atoms with Gasteiger partial charge in [0.25, 0.3) is 0 Å². The van der Waals surface area contributed by atoms with Crippen LogP contribution in [0.1, 0.15) is 94.2 Å². The SMILES string of the molecule is Cc1ccc2c([Si](C(C)C)(C(C)C)C(C)C)c(C)ccc2c1[Si](C(C)C)(C(C)C)C(C)C. The largest absolute Gasteiger partial charge is 0.0954 e. The van der Waals surface area contributed by atoms with Crippen molar-refractivity contribution in [3.63, 3.8) is 0 Å². The molecule has 0 bridgehead atoms. The molecule has 0 saturated heterocycles. The third-order valence-corrected chi connectivity index (χ3v) is 23.7. The van der Waals surface area contributed by atoms with Crippen LogP contribution in [0.5, 0.6) is 0 Å². The Kier molecular flexibility index (Phi) is 8.37. The van der Waals surface area contributed by atoms with Gasteiger partial charge in [0.05, 0.1) is 16.1 Å². The van der Waals surface area contributed by atoms with Gasteiger partial charge in [0.2, 0.25) is 0 Å². The van der Waals surface area contributed by atoms with Crippen LogP contribution in [-0.2, 0) is 0 Å². The van der Waals surface area contributed by atoms with Crippen LogP contribution in [0.25, 0.3) is 10.8 Å². The summed E-state index contributed by atoms with van der Waals surface area (Å²) in [6.07, 6.45) is 0. The van der Waals surface area contributed by atoms with Gasteiger partial charge in [0.15, 0.2) is 0 Å². The Morgan fingerprint density at radius 2 is 0.625 bits per heavy atom. The zero-order valence-electron chi connectivity index (χ0n) is 23.8. The van der Waals surface area contributed by atoms with E-state index in [-0.39, 0.29) is 0 Å². The molecule has 0 N–H and O–H groups in total. The normalized spacial score (nSPS) is 13.8. The first kappa shape index (κ1) is 27.4. The van der Waals surface area contributed by atoms with Crippen molar-refractivity contribution in [2.75, 3.05) is 0 Å². The molecule has 0 amide bonds. The van der Waals surface area contributed by atoms with E-state index in [0.29, 0.717) is 0 Å². The van der Waals surface area contributed by atoms with Crippen LogP contribution < -0.4 is 10.4 Å². The first-order valence-electron chi connectivity index (χ1n) is 13.2. The molecule has 2 rings (SSSR count). The number of benzene rings is 2. The van der Waals surface area contributed by atoms with E-state index in [1.54, 1.807) is 21.1 Å².